The van der Waals surface area contributed by atoms with Gasteiger partial charge in [-0.2, -0.15) is 0 Å². The van der Waals surface area contributed by atoms with Gasteiger partial charge in [0.25, 0.3) is 0 Å². The average Bonchev–Trinajstić information content (AvgIpc) is 2.39. The number of pyridine rings is 1. The molecule has 0 unspecified atom stereocenters. The number of hydrogen-bond acceptors (Lipinski definition) is 6. The van der Waals surface area contributed by atoms with E-state index in [0.717, 1.165) is 6.26 Å². The summed E-state index contributed by atoms with van der Waals surface area (Å²) in [6, 6.07) is 3.09. The number of rotatable bonds is 4. The van der Waals surface area contributed by atoms with E-state index in [0.29, 0.717) is 31.9 Å². The Morgan fingerprint density at radius 3 is 2.74 bits per heavy atom. The van der Waals surface area contributed by atoms with Crippen molar-refractivity contribution in [1.82, 2.24) is 4.98 Å². The maximum Gasteiger partial charge on any atom is 0.179 e. The maximum absolute atomic E-state index is 11.7. The molecule has 0 aromatic carbocycles. The maximum atomic E-state index is 11.7. The molecule has 0 atom stereocenters. The predicted molar refractivity (Wildman–Crippen MR) is 70.8 cm³/mol. The SMILES string of the molecule is CS(=O)(=O)c1cccnc1NC1(CO)CCOCC1. The lowest BCUT2D eigenvalue weighted by molar-refractivity contribution is 0.0377. The van der Waals surface area contributed by atoms with Crippen molar-refractivity contribution in [3.8, 4) is 0 Å². The highest BCUT2D eigenvalue weighted by atomic mass is 32.2. The third-order valence-electron chi connectivity index (χ3n) is 3.31. The molecule has 2 rings (SSSR count). The molecule has 19 heavy (non-hydrogen) atoms. The van der Waals surface area contributed by atoms with Crippen LogP contribution in [0.5, 0.6) is 0 Å². The molecule has 0 radical (unpaired) electrons. The summed E-state index contributed by atoms with van der Waals surface area (Å²) >= 11 is 0. The molecule has 1 aliphatic heterocycles. The van der Waals surface area contributed by atoms with Crippen molar-refractivity contribution in [1.29, 1.82) is 0 Å². The van der Waals surface area contributed by atoms with Crippen LogP contribution in [0.15, 0.2) is 23.2 Å². The molecule has 1 aliphatic rings. The van der Waals surface area contributed by atoms with E-state index >= 15 is 0 Å². The van der Waals surface area contributed by atoms with Gasteiger partial charge in [-0.3, -0.25) is 0 Å². The highest BCUT2D eigenvalue weighted by Crippen LogP contribution is 2.28. The summed E-state index contributed by atoms with van der Waals surface area (Å²) in [5.41, 5.74) is -0.563. The number of anilines is 1. The fourth-order valence-corrected chi connectivity index (χ4v) is 2.90. The minimum atomic E-state index is -3.36. The molecule has 2 heterocycles. The quantitative estimate of drug-likeness (QED) is 0.835. The van der Waals surface area contributed by atoms with Crippen LogP contribution in [-0.2, 0) is 14.6 Å². The highest BCUT2D eigenvalue weighted by molar-refractivity contribution is 7.90. The number of aliphatic hydroxyl groups excluding tert-OH is 1. The minimum Gasteiger partial charge on any atom is -0.394 e. The van der Waals surface area contributed by atoms with Crippen molar-refractivity contribution in [2.24, 2.45) is 0 Å². The summed E-state index contributed by atoms with van der Waals surface area (Å²) in [6.07, 6.45) is 3.90. The number of aromatic nitrogens is 1. The first-order valence-electron chi connectivity index (χ1n) is 6.09. The van der Waals surface area contributed by atoms with Crippen molar-refractivity contribution in [3.63, 3.8) is 0 Å². The van der Waals surface area contributed by atoms with Gasteiger partial charge in [0.15, 0.2) is 9.84 Å². The topological polar surface area (TPSA) is 88.5 Å². The monoisotopic (exact) mass is 286 g/mol. The molecule has 6 nitrogen and oxygen atoms in total. The number of sulfone groups is 1. The Morgan fingerprint density at radius 2 is 2.16 bits per heavy atom. The number of nitrogens with zero attached hydrogens (tertiary/aromatic N) is 1. The van der Waals surface area contributed by atoms with Gasteiger partial charge in [-0.05, 0) is 25.0 Å². The van der Waals surface area contributed by atoms with E-state index in [-0.39, 0.29) is 11.5 Å². The van der Waals surface area contributed by atoms with Gasteiger partial charge in [0, 0.05) is 25.7 Å². The van der Waals surface area contributed by atoms with Crippen LogP contribution in [0, 0.1) is 0 Å². The Labute approximate surface area is 112 Å². The zero-order chi connectivity index (χ0) is 13.9. The predicted octanol–water partition coefficient (Wildman–Crippen LogP) is 0.438. The molecule has 0 amide bonds. The minimum absolute atomic E-state index is 0.0872. The summed E-state index contributed by atoms with van der Waals surface area (Å²) in [5.74, 6) is 0.293. The van der Waals surface area contributed by atoms with Crippen LogP contribution >= 0.6 is 0 Å². The number of hydrogen-bond donors (Lipinski definition) is 2. The second kappa shape index (κ2) is 5.44. The van der Waals surface area contributed by atoms with Gasteiger partial charge in [0.1, 0.15) is 10.7 Å². The number of ether oxygens (including phenoxy) is 1. The number of aliphatic hydroxyl groups is 1. The summed E-state index contributed by atoms with van der Waals surface area (Å²) in [6.45, 7) is 0.985. The van der Waals surface area contributed by atoms with Gasteiger partial charge in [-0.25, -0.2) is 13.4 Å². The van der Waals surface area contributed by atoms with Crippen molar-refractivity contribution < 1.29 is 18.3 Å². The van der Waals surface area contributed by atoms with E-state index in [4.69, 9.17) is 4.74 Å². The molecule has 1 aromatic rings. The molecular weight excluding hydrogens is 268 g/mol. The first-order valence-corrected chi connectivity index (χ1v) is 7.98. The second-order valence-electron chi connectivity index (χ2n) is 4.80. The zero-order valence-electron chi connectivity index (χ0n) is 10.8. The van der Waals surface area contributed by atoms with E-state index in [2.05, 4.69) is 10.3 Å². The van der Waals surface area contributed by atoms with Gasteiger partial charge in [-0.1, -0.05) is 0 Å². The fraction of sp³-hybridized carbons (Fsp3) is 0.583. The first kappa shape index (κ1) is 14.2. The molecule has 0 bridgehead atoms. The van der Waals surface area contributed by atoms with Crippen LogP contribution in [-0.4, -0.2) is 50.1 Å². The zero-order valence-corrected chi connectivity index (χ0v) is 11.6. The summed E-state index contributed by atoms with van der Waals surface area (Å²) in [7, 11) is -3.36. The molecule has 0 aliphatic carbocycles. The highest BCUT2D eigenvalue weighted by Gasteiger charge is 2.33. The molecule has 106 valence electrons. The van der Waals surface area contributed by atoms with Crippen LogP contribution in [0.25, 0.3) is 0 Å². The second-order valence-corrected chi connectivity index (χ2v) is 6.78. The van der Waals surface area contributed by atoms with Crippen LogP contribution in [0.1, 0.15) is 12.8 Å². The molecule has 1 aromatic heterocycles. The van der Waals surface area contributed by atoms with Gasteiger partial charge >= 0.3 is 0 Å². The van der Waals surface area contributed by atoms with Crippen molar-refractivity contribution in [2.45, 2.75) is 23.3 Å². The van der Waals surface area contributed by atoms with E-state index in [9.17, 15) is 13.5 Å². The van der Waals surface area contributed by atoms with E-state index in [1.54, 1.807) is 6.07 Å². The fourth-order valence-electron chi connectivity index (χ4n) is 2.12. The third-order valence-corrected chi connectivity index (χ3v) is 4.43. The summed E-state index contributed by atoms with van der Waals surface area (Å²) in [5, 5.41) is 12.7. The largest absolute Gasteiger partial charge is 0.394 e. The van der Waals surface area contributed by atoms with Gasteiger partial charge < -0.3 is 15.2 Å². The Morgan fingerprint density at radius 1 is 1.47 bits per heavy atom. The van der Waals surface area contributed by atoms with E-state index in [1.165, 1.54) is 12.3 Å². The Bertz CT molecular complexity index is 538. The van der Waals surface area contributed by atoms with Crippen LogP contribution in [0.2, 0.25) is 0 Å². The molecule has 1 fully saturated rings. The Kier molecular flexibility index (Phi) is 4.07. The molecule has 1 saturated heterocycles. The lowest BCUT2D eigenvalue weighted by atomic mass is 9.91. The standard InChI is InChI=1S/C12H18N2O4S/c1-19(16,17)10-3-2-6-13-11(10)14-12(9-15)4-7-18-8-5-12/h2-3,6,15H,4-5,7-9H2,1H3,(H,13,14). The molecule has 0 spiro atoms. The molecule has 0 saturated carbocycles. The Hall–Kier alpha value is -1.18. The van der Waals surface area contributed by atoms with E-state index in [1.807, 2.05) is 0 Å². The van der Waals surface area contributed by atoms with Crippen LogP contribution < -0.4 is 5.32 Å². The summed E-state index contributed by atoms with van der Waals surface area (Å²) in [4.78, 5) is 4.24. The van der Waals surface area contributed by atoms with Crippen molar-refractivity contribution in [2.75, 3.05) is 31.4 Å². The van der Waals surface area contributed by atoms with Crippen molar-refractivity contribution >= 4 is 15.7 Å². The molecular formula is C12H18N2O4S. The smallest absolute Gasteiger partial charge is 0.179 e. The van der Waals surface area contributed by atoms with Crippen molar-refractivity contribution in [3.05, 3.63) is 18.3 Å². The third kappa shape index (κ3) is 3.23. The first-order chi connectivity index (χ1) is 8.97. The lowest BCUT2D eigenvalue weighted by Crippen LogP contribution is -2.47. The van der Waals surface area contributed by atoms with Crippen LogP contribution in [0.3, 0.4) is 0 Å². The van der Waals surface area contributed by atoms with Gasteiger partial charge in [0.2, 0.25) is 0 Å². The lowest BCUT2D eigenvalue weighted by Gasteiger charge is -2.37. The van der Waals surface area contributed by atoms with Gasteiger partial charge in [0.05, 0.1) is 12.1 Å². The summed E-state index contributed by atoms with van der Waals surface area (Å²) < 4.78 is 28.7. The number of nitrogens with one attached hydrogen (secondary N) is 1. The Balaban J connectivity index is 2.32. The molecule has 7 heteroatoms. The van der Waals surface area contributed by atoms with E-state index < -0.39 is 15.4 Å². The molecule has 2 N–H and O–H groups in total. The normalized spacial score (nSPS) is 19.1. The van der Waals surface area contributed by atoms with Gasteiger partial charge in [-0.15, -0.1) is 0 Å². The average molecular weight is 286 g/mol. The van der Waals surface area contributed by atoms with Crippen LogP contribution in [0.4, 0.5) is 5.82 Å².